The summed E-state index contributed by atoms with van der Waals surface area (Å²) in [4.78, 5) is 22.1. The van der Waals surface area contributed by atoms with Gasteiger partial charge in [0.2, 0.25) is 0 Å². The number of aromatic amines is 2. The number of fused-ring (bicyclic) bond motifs is 1. The van der Waals surface area contributed by atoms with Crippen molar-refractivity contribution in [1.82, 2.24) is 20.2 Å². The van der Waals surface area contributed by atoms with Crippen LogP contribution in [0.3, 0.4) is 0 Å². The third kappa shape index (κ3) is 3.37. The number of halogens is 1. The zero-order chi connectivity index (χ0) is 19.0. The minimum absolute atomic E-state index is 0.287. The van der Waals surface area contributed by atoms with Crippen molar-refractivity contribution < 1.29 is 4.79 Å². The SMILES string of the molecule is CN(C)c1ccc(C(=O)Nc2cc(-c3nc4ccccc4[nH]3)[nH]n2)cc1Cl. The normalized spacial score (nSPS) is 10.9. The molecule has 2 aromatic carbocycles. The topological polar surface area (TPSA) is 89.7 Å². The lowest BCUT2D eigenvalue weighted by atomic mass is 10.2. The molecule has 0 spiro atoms. The van der Waals surface area contributed by atoms with Gasteiger partial charge in [-0.3, -0.25) is 9.89 Å². The summed E-state index contributed by atoms with van der Waals surface area (Å²) in [6, 6.07) is 14.6. The predicted octanol–water partition coefficient (Wildman–Crippen LogP) is 3.92. The molecule has 0 radical (unpaired) electrons. The van der Waals surface area contributed by atoms with Crippen LogP contribution < -0.4 is 10.2 Å². The zero-order valence-corrected chi connectivity index (χ0v) is 15.5. The molecule has 3 N–H and O–H groups in total. The number of aromatic nitrogens is 4. The van der Waals surface area contributed by atoms with Crippen LogP contribution in [-0.4, -0.2) is 40.2 Å². The molecular weight excluding hydrogens is 364 g/mol. The molecule has 0 fully saturated rings. The Morgan fingerprint density at radius 3 is 2.70 bits per heavy atom. The first kappa shape index (κ1) is 17.1. The number of para-hydroxylation sites is 2. The predicted molar refractivity (Wildman–Crippen MR) is 107 cm³/mol. The minimum Gasteiger partial charge on any atom is -0.376 e. The van der Waals surface area contributed by atoms with Crippen molar-refractivity contribution in [3.05, 3.63) is 59.1 Å². The van der Waals surface area contributed by atoms with E-state index in [0.717, 1.165) is 16.7 Å². The highest BCUT2D eigenvalue weighted by Gasteiger charge is 2.13. The highest BCUT2D eigenvalue weighted by Crippen LogP contribution is 2.26. The Hall–Kier alpha value is -3.32. The van der Waals surface area contributed by atoms with Gasteiger partial charge in [0, 0.05) is 25.7 Å². The van der Waals surface area contributed by atoms with Crippen LogP contribution in [0.4, 0.5) is 11.5 Å². The van der Waals surface area contributed by atoms with E-state index in [-0.39, 0.29) is 5.91 Å². The van der Waals surface area contributed by atoms with E-state index in [0.29, 0.717) is 27.9 Å². The highest BCUT2D eigenvalue weighted by molar-refractivity contribution is 6.33. The number of anilines is 2. The Morgan fingerprint density at radius 1 is 1.15 bits per heavy atom. The van der Waals surface area contributed by atoms with Crippen molar-refractivity contribution in [3.63, 3.8) is 0 Å². The summed E-state index contributed by atoms with van der Waals surface area (Å²) in [5, 5.41) is 10.3. The molecule has 1 amide bonds. The van der Waals surface area contributed by atoms with Gasteiger partial charge in [0.25, 0.3) is 5.91 Å². The van der Waals surface area contributed by atoms with Crippen LogP contribution in [-0.2, 0) is 0 Å². The molecule has 4 rings (SSSR count). The Labute approximate surface area is 160 Å². The van der Waals surface area contributed by atoms with Crippen molar-refractivity contribution >= 4 is 40.0 Å². The summed E-state index contributed by atoms with van der Waals surface area (Å²) in [5.74, 6) is 0.774. The molecular formula is C19H17ClN6O. The second kappa shape index (κ2) is 6.77. The van der Waals surface area contributed by atoms with Crippen molar-refractivity contribution in [3.8, 4) is 11.5 Å². The van der Waals surface area contributed by atoms with Gasteiger partial charge < -0.3 is 15.2 Å². The lowest BCUT2D eigenvalue weighted by Crippen LogP contribution is -2.14. The van der Waals surface area contributed by atoms with E-state index in [4.69, 9.17) is 11.6 Å². The lowest BCUT2D eigenvalue weighted by molar-refractivity contribution is 0.102. The lowest BCUT2D eigenvalue weighted by Gasteiger charge is -2.14. The number of hydrogen-bond acceptors (Lipinski definition) is 4. The Bertz CT molecular complexity index is 1100. The van der Waals surface area contributed by atoms with Gasteiger partial charge in [-0.05, 0) is 30.3 Å². The monoisotopic (exact) mass is 380 g/mol. The number of hydrogen-bond donors (Lipinski definition) is 3. The van der Waals surface area contributed by atoms with E-state index in [9.17, 15) is 4.79 Å². The first-order valence-electron chi connectivity index (χ1n) is 8.30. The zero-order valence-electron chi connectivity index (χ0n) is 14.7. The molecule has 0 aliphatic carbocycles. The molecule has 0 saturated heterocycles. The molecule has 0 aliphatic heterocycles. The number of amides is 1. The van der Waals surface area contributed by atoms with Crippen LogP contribution in [0.15, 0.2) is 48.5 Å². The van der Waals surface area contributed by atoms with Crippen LogP contribution in [0.1, 0.15) is 10.4 Å². The fourth-order valence-corrected chi connectivity index (χ4v) is 3.14. The molecule has 0 unspecified atom stereocenters. The molecule has 0 bridgehead atoms. The average Bonchev–Trinajstić information content (AvgIpc) is 3.27. The number of carbonyl (C=O) groups excluding carboxylic acids is 1. The first-order valence-corrected chi connectivity index (χ1v) is 8.68. The maximum atomic E-state index is 12.5. The molecule has 136 valence electrons. The van der Waals surface area contributed by atoms with Crippen LogP contribution in [0.25, 0.3) is 22.6 Å². The average molecular weight is 381 g/mol. The third-order valence-electron chi connectivity index (χ3n) is 4.16. The summed E-state index contributed by atoms with van der Waals surface area (Å²) < 4.78 is 0. The van der Waals surface area contributed by atoms with Crippen molar-refractivity contribution in [1.29, 1.82) is 0 Å². The van der Waals surface area contributed by atoms with Gasteiger partial charge in [0.1, 0.15) is 5.69 Å². The van der Waals surface area contributed by atoms with E-state index in [1.165, 1.54) is 0 Å². The molecule has 2 aromatic heterocycles. The number of imidazole rings is 1. The summed E-state index contributed by atoms with van der Waals surface area (Å²) in [6.45, 7) is 0. The van der Waals surface area contributed by atoms with E-state index in [2.05, 4.69) is 25.5 Å². The minimum atomic E-state index is -0.287. The van der Waals surface area contributed by atoms with Crippen molar-refractivity contribution in [2.24, 2.45) is 0 Å². The van der Waals surface area contributed by atoms with E-state index < -0.39 is 0 Å². The highest BCUT2D eigenvalue weighted by atomic mass is 35.5. The second-order valence-corrected chi connectivity index (χ2v) is 6.69. The van der Waals surface area contributed by atoms with Crippen molar-refractivity contribution in [2.75, 3.05) is 24.3 Å². The summed E-state index contributed by atoms with van der Waals surface area (Å²) in [5.41, 5.74) is 3.79. The van der Waals surface area contributed by atoms with Gasteiger partial charge >= 0.3 is 0 Å². The Morgan fingerprint density at radius 2 is 1.96 bits per heavy atom. The van der Waals surface area contributed by atoms with Crippen LogP contribution in [0.2, 0.25) is 5.02 Å². The fourth-order valence-electron chi connectivity index (χ4n) is 2.79. The number of carbonyl (C=O) groups is 1. The molecule has 27 heavy (non-hydrogen) atoms. The molecule has 0 saturated carbocycles. The summed E-state index contributed by atoms with van der Waals surface area (Å²) in [6.07, 6.45) is 0. The quantitative estimate of drug-likeness (QED) is 0.500. The van der Waals surface area contributed by atoms with Gasteiger partial charge in [0.15, 0.2) is 11.6 Å². The third-order valence-corrected chi connectivity index (χ3v) is 4.46. The molecule has 4 aromatic rings. The molecule has 2 heterocycles. The van der Waals surface area contributed by atoms with Gasteiger partial charge in [-0.2, -0.15) is 5.10 Å². The fraction of sp³-hybridized carbons (Fsp3) is 0.105. The number of benzene rings is 2. The Balaban J connectivity index is 1.53. The molecule has 8 heteroatoms. The number of rotatable bonds is 4. The number of H-pyrrole nitrogens is 2. The van der Waals surface area contributed by atoms with Gasteiger partial charge in [0.05, 0.1) is 21.7 Å². The maximum Gasteiger partial charge on any atom is 0.256 e. The van der Waals surface area contributed by atoms with E-state index >= 15 is 0 Å². The summed E-state index contributed by atoms with van der Waals surface area (Å²) in [7, 11) is 3.79. The second-order valence-electron chi connectivity index (χ2n) is 6.28. The van der Waals surface area contributed by atoms with Crippen LogP contribution in [0.5, 0.6) is 0 Å². The van der Waals surface area contributed by atoms with Gasteiger partial charge in [-0.15, -0.1) is 0 Å². The molecule has 7 nitrogen and oxygen atoms in total. The number of nitrogens with one attached hydrogen (secondary N) is 3. The van der Waals surface area contributed by atoms with Gasteiger partial charge in [-0.1, -0.05) is 23.7 Å². The smallest absolute Gasteiger partial charge is 0.256 e. The molecule has 0 aliphatic rings. The van der Waals surface area contributed by atoms with Crippen LogP contribution in [0, 0.1) is 0 Å². The molecule has 0 atom stereocenters. The van der Waals surface area contributed by atoms with E-state index in [1.807, 2.05) is 49.3 Å². The van der Waals surface area contributed by atoms with Crippen molar-refractivity contribution in [2.45, 2.75) is 0 Å². The Kier molecular flexibility index (Phi) is 4.29. The number of nitrogens with zero attached hydrogens (tertiary/aromatic N) is 3. The summed E-state index contributed by atoms with van der Waals surface area (Å²) >= 11 is 6.24. The first-order chi connectivity index (χ1) is 13.0. The van der Waals surface area contributed by atoms with Gasteiger partial charge in [-0.25, -0.2) is 4.98 Å². The largest absolute Gasteiger partial charge is 0.376 e. The maximum absolute atomic E-state index is 12.5. The van der Waals surface area contributed by atoms with E-state index in [1.54, 1.807) is 18.2 Å². The van der Waals surface area contributed by atoms with Crippen LogP contribution >= 0.6 is 11.6 Å². The standard InChI is InChI=1S/C19H17ClN6O/c1-26(2)16-8-7-11(9-12(16)20)19(27)23-17-10-15(24-25-17)18-21-13-5-3-4-6-14(13)22-18/h3-10H,1-2H3,(H,21,22)(H2,23,24,25,27).